The molecule has 0 saturated heterocycles. The maximum atomic E-state index is 11.8. The van der Waals surface area contributed by atoms with E-state index in [-0.39, 0.29) is 0 Å². The van der Waals surface area contributed by atoms with Gasteiger partial charge in [-0.15, -0.1) is 0 Å². The zero-order chi connectivity index (χ0) is 15.8. The zero-order valence-corrected chi connectivity index (χ0v) is 12.8. The molecule has 0 spiro atoms. The molecule has 21 heavy (non-hydrogen) atoms. The van der Waals surface area contributed by atoms with E-state index in [1.165, 1.54) is 0 Å². The van der Waals surface area contributed by atoms with Crippen LogP contribution in [0.3, 0.4) is 0 Å². The summed E-state index contributed by atoms with van der Waals surface area (Å²) in [4.78, 5) is 23.1. The maximum absolute atomic E-state index is 11.8. The van der Waals surface area contributed by atoms with Gasteiger partial charge in [0.15, 0.2) is 0 Å². The third kappa shape index (κ3) is 3.35. The SMILES string of the molecule is Cc1cc(C2(C(=O)O)CC2)ccc1NC(=O)OC(C)(C)C. The maximum Gasteiger partial charge on any atom is 0.412 e. The molecule has 1 aromatic carbocycles. The Morgan fingerprint density at radius 2 is 1.90 bits per heavy atom. The highest BCUT2D eigenvalue weighted by molar-refractivity contribution is 5.88. The molecular formula is C16H21NO4. The minimum Gasteiger partial charge on any atom is -0.481 e. The molecule has 1 aliphatic rings. The summed E-state index contributed by atoms with van der Waals surface area (Å²) in [6, 6.07) is 5.33. The Kier molecular flexibility index (Phi) is 3.70. The van der Waals surface area contributed by atoms with Crippen LogP contribution < -0.4 is 5.32 Å². The Morgan fingerprint density at radius 3 is 2.33 bits per heavy atom. The largest absolute Gasteiger partial charge is 0.481 e. The zero-order valence-electron chi connectivity index (χ0n) is 12.8. The highest BCUT2D eigenvalue weighted by Gasteiger charge is 2.51. The van der Waals surface area contributed by atoms with Gasteiger partial charge in [-0.25, -0.2) is 4.79 Å². The summed E-state index contributed by atoms with van der Waals surface area (Å²) in [7, 11) is 0. The first kappa shape index (κ1) is 15.4. The molecule has 0 bridgehead atoms. The van der Waals surface area contributed by atoms with Gasteiger partial charge < -0.3 is 9.84 Å². The number of benzene rings is 1. The van der Waals surface area contributed by atoms with Crippen LogP contribution in [0.15, 0.2) is 18.2 Å². The van der Waals surface area contributed by atoms with Gasteiger partial charge in [0.1, 0.15) is 5.60 Å². The Morgan fingerprint density at radius 1 is 1.29 bits per heavy atom. The quantitative estimate of drug-likeness (QED) is 0.894. The first-order chi connectivity index (χ1) is 9.64. The Bertz CT molecular complexity index is 582. The molecule has 0 atom stereocenters. The summed E-state index contributed by atoms with van der Waals surface area (Å²) in [5.74, 6) is -0.783. The normalized spacial score (nSPS) is 16.2. The van der Waals surface area contributed by atoms with Gasteiger partial charge in [0.2, 0.25) is 0 Å². The van der Waals surface area contributed by atoms with E-state index in [0.717, 1.165) is 11.1 Å². The van der Waals surface area contributed by atoms with Crippen molar-refractivity contribution in [2.24, 2.45) is 0 Å². The van der Waals surface area contributed by atoms with E-state index in [0.29, 0.717) is 18.5 Å². The standard InChI is InChI=1S/C16H21NO4/c1-10-9-11(16(7-8-16)13(18)19)5-6-12(10)17-14(20)21-15(2,3)4/h5-6,9H,7-8H2,1-4H3,(H,17,20)(H,18,19). The van der Waals surface area contributed by atoms with Crippen molar-refractivity contribution in [2.75, 3.05) is 5.32 Å². The van der Waals surface area contributed by atoms with Crippen LogP contribution in [0.2, 0.25) is 0 Å². The number of amides is 1. The number of aryl methyl sites for hydroxylation is 1. The number of carboxylic acid groups (broad SMARTS) is 1. The number of carbonyl (C=O) groups is 2. The second kappa shape index (κ2) is 5.06. The first-order valence-electron chi connectivity index (χ1n) is 6.99. The third-order valence-corrected chi connectivity index (χ3v) is 3.57. The molecule has 1 fully saturated rings. The molecule has 1 aliphatic carbocycles. The minimum atomic E-state index is -0.783. The summed E-state index contributed by atoms with van der Waals surface area (Å²) in [5, 5.41) is 12.0. The number of hydrogen-bond donors (Lipinski definition) is 2. The van der Waals surface area contributed by atoms with Crippen LogP contribution in [-0.2, 0) is 14.9 Å². The van der Waals surface area contributed by atoms with E-state index < -0.39 is 23.1 Å². The number of ether oxygens (including phenoxy) is 1. The summed E-state index contributed by atoms with van der Waals surface area (Å²) >= 11 is 0. The summed E-state index contributed by atoms with van der Waals surface area (Å²) in [6.07, 6.45) is 0.819. The molecule has 0 heterocycles. The van der Waals surface area contributed by atoms with Gasteiger partial charge >= 0.3 is 12.1 Å². The molecule has 0 unspecified atom stereocenters. The fourth-order valence-electron chi connectivity index (χ4n) is 2.27. The molecule has 5 nitrogen and oxygen atoms in total. The lowest BCUT2D eigenvalue weighted by atomic mass is 9.94. The molecule has 5 heteroatoms. The van der Waals surface area contributed by atoms with Gasteiger partial charge in [0.25, 0.3) is 0 Å². The molecule has 1 saturated carbocycles. The highest BCUT2D eigenvalue weighted by Crippen LogP contribution is 2.48. The molecule has 1 amide bonds. The second-order valence-electron chi connectivity index (χ2n) is 6.54. The Labute approximate surface area is 124 Å². The van der Waals surface area contributed by atoms with Crippen molar-refractivity contribution < 1.29 is 19.4 Å². The Hall–Kier alpha value is -2.04. The van der Waals surface area contributed by atoms with Crippen molar-refractivity contribution in [1.29, 1.82) is 0 Å². The number of aliphatic carboxylic acids is 1. The third-order valence-electron chi connectivity index (χ3n) is 3.57. The number of hydrogen-bond acceptors (Lipinski definition) is 3. The van der Waals surface area contributed by atoms with Gasteiger partial charge in [-0.1, -0.05) is 12.1 Å². The lowest BCUT2D eigenvalue weighted by Gasteiger charge is -2.20. The molecule has 2 rings (SSSR count). The smallest absolute Gasteiger partial charge is 0.412 e. The van der Waals surface area contributed by atoms with Gasteiger partial charge in [-0.05, 0) is 57.7 Å². The van der Waals surface area contributed by atoms with Crippen molar-refractivity contribution in [3.63, 3.8) is 0 Å². The fraction of sp³-hybridized carbons (Fsp3) is 0.500. The van der Waals surface area contributed by atoms with Crippen LogP contribution in [0.5, 0.6) is 0 Å². The number of anilines is 1. The molecule has 0 aliphatic heterocycles. The fourth-order valence-corrected chi connectivity index (χ4v) is 2.27. The van der Waals surface area contributed by atoms with Crippen LogP contribution in [-0.4, -0.2) is 22.8 Å². The van der Waals surface area contributed by atoms with Crippen molar-refractivity contribution in [3.05, 3.63) is 29.3 Å². The average Bonchev–Trinajstić information content (AvgIpc) is 3.10. The molecular weight excluding hydrogens is 270 g/mol. The van der Waals surface area contributed by atoms with E-state index in [2.05, 4.69) is 5.32 Å². The average molecular weight is 291 g/mol. The summed E-state index contributed by atoms with van der Waals surface area (Å²) in [6.45, 7) is 7.23. The van der Waals surface area contributed by atoms with Crippen LogP contribution in [0.25, 0.3) is 0 Å². The lowest BCUT2D eigenvalue weighted by Crippen LogP contribution is -2.27. The number of nitrogens with one attached hydrogen (secondary N) is 1. The van der Waals surface area contributed by atoms with Gasteiger partial charge in [-0.2, -0.15) is 0 Å². The second-order valence-corrected chi connectivity index (χ2v) is 6.54. The Balaban J connectivity index is 2.14. The van der Waals surface area contributed by atoms with Gasteiger partial charge in [0, 0.05) is 5.69 Å². The van der Waals surface area contributed by atoms with E-state index in [1.54, 1.807) is 32.9 Å². The minimum absolute atomic E-state index is 0.516. The van der Waals surface area contributed by atoms with Gasteiger partial charge in [0.05, 0.1) is 5.41 Å². The van der Waals surface area contributed by atoms with E-state index >= 15 is 0 Å². The predicted molar refractivity (Wildman–Crippen MR) is 79.6 cm³/mol. The van der Waals surface area contributed by atoms with Crippen LogP contribution in [0, 0.1) is 6.92 Å². The monoisotopic (exact) mass is 291 g/mol. The topological polar surface area (TPSA) is 75.6 Å². The lowest BCUT2D eigenvalue weighted by molar-refractivity contribution is -0.140. The van der Waals surface area contributed by atoms with Crippen molar-refractivity contribution in [2.45, 2.75) is 51.6 Å². The molecule has 0 aromatic heterocycles. The van der Waals surface area contributed by atoms with Crippen LogP contribution in [0.1, 0.15) is 44.7 Å². The predicted octanol–water partition coefficient (Wildman–Crippen LogP) is 3.46. The number of rotatable bonds is 3. The van der Waals surface area contributed by atoms with Crippen molar-refractivity contribution >= 4 is 17.7 Å². The van der Waals surface area contributed by atoms with Crippen LogP contribution in [0.4, 0.5) is 10.5 Å². The molecule has 2 N–H and O–H groups in total. The van der Waals surface area contributed by atoms with E-state index in [9.17, 15) is 14.7 Å². The molecule has 1 aromatic rings. The summed E-state index contributed by atoms with van der Waals surface area (Å²) < 4.78 is 5.20. The first-order valence-corrected chi connectivity index (χ1v) is 6.99. The van der Waals surface area contributed by atoms with Gasteiger partial charge in [-0.3, -0.25) is 10.1 Å². The highest BCUT2D eigenvalue weighted by atomic mass is 16.6. The van der Waals surface area contributed by atoms with Crippen molar-refractivity contribution in [3.8, 4) is 0 Å². The molecule has 114 valence electrons. The summed E-state index contributed by atoms with van der Waals surface area (Å²) in [5.41, 5.74) is 0.969. The molecule has 0 radical (unpaired) electrons. The van der Waals surface area contributed by atoms with Crippen LogP contribution >= 0.6 is 0 Å². The number of carbonyl (C=O) groups excluding carboxylic acids is 1. The van der Waals surface area contributed by atoms with Crippen molar-refractivity contribution in [1.82, 2.24) is 0 Å². The van der Waals surface area contributed by atoms with E-state index in [1.807, 2.05) is 13.0 Å². The number of carboxylic acids is 1. The van der Waals surface area contributed by atoms with E-state index in [4.69, 9.17) is 4.74 Å².